The molecule has 1 N–H and O–H groups in total. The first-order chi connectivity index (χ1) is 8.93. The lowest BCUT2D eigenvalue weighted by molar-refractivity contribution is -0.0112. The molecule has 3 heteroatoms. The van der Waals surface area contributed by atoms with E-state index in [1.54, 1.807) is 0 Å². The molecule has 2 heterocycles. The van der Waals surface area contributed by atoms with Gasteiger partial charge in [-0.05, 0) is 43.9 Å². The van der Waals surface area contributed by atoms with Gasteiger partial charge >= 0.3 is 0 Å². The molecule has 3 rings (SSSR count). The first-order valence-electron chi connectivity index (χ1n) is 6.99. The van der Waals surface area contributed by atoms with Crippen molar-refractivity contribution in [3.8, 4) is 5.75 Å². The second-order valence-electron chi connectivity index (χ2n) is 5.12. The number of fused-ring (bicyclic) bond motifs is 1. The van der Waals surface area contributed by atoms with Gasteiger partial charge in [0.15, 0.2) is 0 Å². The Morgan fingerprint density at radius 2 is 2.33 bits per heavy atom. The van der Waals surface area contributed by atoms with E-state index in [4.69, 9.17) is 9.47 Å². The zero-order valence-electron chi connectivity index (χ0n) is 10.8. The highest BCUT2D eigenvalue weighted by atomic mass is 16.5. The van der Waals surface area contributed by atoms with E-state index in [-0.39, 0.29) is 6.10 Å². The molecule has 0 radical (unpaired) electrons. The van der Waals surface area contributed by atoms with Crippen molar-refractivity contribution in [2.75, 3.05) is 19.8 Å². The monoisotopic (exact) mass is 247 g/mol. The Morgan fingerprint density at radius 1 is 1.33 bits per heavy atom. The molecule has 18 heavy (non-hydrogen) atoms. The van der Waals surface area contributed by atoms with Crippen LogP contribution in [0.25, 0.3) is 0 Å². The van der Waals surface area contributed by atoms with Crippen LogP contribution in [0.2, 0.25) is 0 Å². The molecule has 1 saturated heterocycles. The van der Waals surface area contributed by atoms with Crippen LogP contribution >= 0.6 is 0 Å². The summed E-state index contributed by atoms with van der Waals surface area (Å²) in [6, 6.07) is 6.38. The largest absolute Gasteiger partial charge is 0.491 e. The van der Waals surface area contributed by atoms with Crippen LogP contribution < -0.4 is 10.1 Å². The van der Waals surface area contributed by atoms with Gasteiger partial charge in [-0.2, -0.15) is 0 Å². The lowest BCUT2D eigenvalue weighted by Gasteiger charge is -2.25. The third kappa shape index (κ3) is 2.68. The molecule has 1 atom stereocenters. The summed E-state index contributed by atoms with van der Waals surface area (Å²) in [4.78, 5) is 0. The van der Waals surface area contributed by atoms with Crippen LogP contribution in [0.4, 0.5) is 0 Å². The average Bonchev–Trinajstić information content (AvgIpc) is 2.46. The minimum atomic E-state index is 0.283. The fourth-order valence-corrected chi connectivity index (χ4v) is 2.74. The van der Waals surface area contributed by atoms with Crippen molar-refractivity contribution in [1.29, 1.82) is 0 Å². The molecule has 0 aromatic heterocycles. The van der Waals surface area contributed by atoms with E-state index in [9.17, 15) is 0 Å². The van der Waals surface area contributed by atoms with Crippen molar-refractivity contribution in [3.63, 3.8) is 0 Å². The van der Waals surface area contributed by atoms with Gasteiger partial charge in [0.25, 0.3) is 0 Å². The summed E-state index contributed by atoms with van der Waals surface area (Å²) in [6.07, 6.45) is 4.98. The highest BCUT2D eigenvalue weighted by Gasteiger charge is 2.17. The zero-order valence-corrected chi connectivity index (χ0v) is 10.8. The Kier molecular flexibility index (Phi) is 3.81. The Hall–Kier alpha value is -1.06. The summed E-state index contributed by atoms with van der Waals surface area (Å²) in [5.41, 5.74) is 2.76. The summed E-state index contributed by atoms with van der Waals surface area (Å²) < 4.78 is 11.7. The number of hydrogen-bond donors (Lipinski definition) is 1. The lowest BCUT2D eigenvalue weighted by Crippen LogP contribution is -2.27. The molecule has 98 valence electrons. The fourth-order valence-electron chi connectivity index (χ4n) is 2.74. The summed E-state index contributed by atoms with van der Waals surface area (Å²) >= 11 is 0. The molecule has 2 aliphatic heterocycles. The molecule has 1 aromatic carbocycles. The quantitative estimate of drug-likeness (QED) is 0.889. The summed E-state index contributed by atoms with van der Waals surface area (Å²) in [6.45, 7) is 3.58. The van der Waals surface area contributed by atoms with Crippen LogP contribution in [-0.2, 0) is 17.7 Å². The molecular weight excluding hydrogens is 226 g/mol. The van der Waals surface area contributed by atoms with Gasteiger partial charge in [-0.3, -0.25) is 0 Å². The lowest BCUT2D eigenvalue weighted by atomic mass is 10.0. The molecule has 3 nitrogen and oxygen atoms in total. The van der Waals surface area contributed by atoms with Crippen LogP contribution in [0, 0.1) is 0 Å². The fraction of sp³-hybridized carbons (Fsp3) is 0.600. The van der Waals surface area contributed by atoms with Gasteiger partial charge in [-0.1, -0.05) is 12.1 Å². The number of hydrogen-bond acceptors (Lipinski definition) is 3. The van der Waals surface area contributed by atoms with E-state index >= 15 is 0 Å². The Balaban J connectivity index is 1.65. The molecule has 1 fully saturated rings. The summed E-state index contributed by atoms with van der Waals surface area (Å²) in [5.74, 6) is 1.04. The van der Waals surface area contributed by atoms with Crippen LogP contribution in [0.5, 0.6) is 5.75 Å². The molecular formula is C15H21NO2. The predicted molar refractivity (Wildman–Crippen MR) is 70.9 cm³/mol. The molecule has 1 aromatic rings. The SMILES string of the molecule is c1cc2c(c(OCC3CCCCO3)c1)CNCC2. The van der Waals surface area contributed by atoms with Gasteiger partial charge in [0.1, 0.15) is 12.4 Å². The summed E-state index contributed by atoms with van der Waals surface area (Å²) in [5, 5.41) is 3.41. The van der Waals surface area contributed by atoms with Gasteiger partial charge in [0.05, 0.1) is 6.10 Å². The molecule has 1 unspecified atom stereocenters. The van der Waals surface area contributed by atoms with E-state index in [2.05, 4.69) is 23.5 Å². The van der Waals surface area contributed by atoms with Crippen molar-refractivity contribution in [2.45, 2.75) is 38.3 Å². The van der Waals surface area contributed by atoms with E-state index in [0.717, 1.165) is 38.3 Å². The first-order valence-corrected chi connectivity index (χ1v) is 6.99. The summed E-state index contributed by atoms with van der Waals surface area (Å²) in [7, 11) is 0. The maximum absolute atomic E-state index is 5.98. The van der Waals surface area contributed by atoms with Crippen LogP contribution in [0.15, 0.2) is 18.2 Å². The van der Waals surface area contributed by atoms with Gasteiger partial charge in [-0.25, -0.2) is 0 Å². The van der Waals surface area contributed by atoms with Crippen molar-refractivity contribution >= 4 is 0 Å². The van der Waals surface area contributed by atoms with Crippen LogP contribution in [0.3, 0.4) is 0 Å². The highest BCUT2D eigenvalue weighted by molar-refractivity contribution is 5.41. The van der Waals surface area contributed by atoms with E-state index in [0.29, 0.717) is 6.61 Å². The Bertz CT molecular complexity index is 399. The third-order valence-corrected chi connectivity index (χ3v) is 3.80. The second kappa shape index (κ2) is 5.72. The van der Waals surface area contributed by atoms with Gasteiger partial charge in [0.2, 0.25) is 0 Å². The standard InChI is InChI=1S/C15H21NO2/c1-2-9-17-13(5-1)11-18-15-6-3-4-12-7-8-16-10-14(12)15/h3-4,6,13,16H,1-2,5,7-11H2. The number of benzene rings is 1. The van der Waals surface area contributed by atoms with Gasteiger partial charge in [-0.15, -0.1) is 0 Å². The predicted octanol–water partition coefficient (Wildman–Crippen LogP) is 2.28. The van der Waals surface area contributed by atoms with E-state index in [1.807, 2.05) is 0 Å². The Morgan fingerprint density at radius 3 is 3.22 bits per heavy atom. The van der Waals surface area contributed by atoms with E-state index in [1.165, 1.54) is 24.0 Å². The molecule has 2 aliphatic rings. The van der Waals surface area contributed by atoms with Crippen molar-refractivity contribution in [2.24, 2.45) is 0 Å². The first kappa shape index (κ1) is 12.0. The van der Waals surface area contributed by atoms with Crippen molar-refractivity contribution < 1.29 is 9.47 Å². The van der Waals surface area contributed by atoms with Crippen LogP contribution in [-0.4, -0.2) is 25.9 Å². The zero-order chi connectivity index (χ0) is 12.2. The van der Waals surface area contributed by atoms with E-state index < -0.39 is 0 Å². The maximum Gasteiger partial charge on any atom is 0.124 e. The number of nitrogens with one attached hydrogen (secondary N) is 1. The molecule has 0 amide bonds. The number of rotatable bonds is 3. The Labute approximate surface area is 108 Å². The molecule has 0 bridgehead atoms. The normalized spacial score (nSPS) is 23.4. The highest BCUT2D eigenvalue weighted by Crippen LogP contribution is 2.25. The van der Waals surface area contributed by atoms with Gasteiger partial charge in [0, 0.05) is 18.7 Å². The van der Waals surface area contributed by atoms with Gasteiger partial charge < -0.3 is 14.8 Å². The van der Waals surface area contributed by atoms with Crippen molar-refractivity contribution in [3.05, 3.63) is 29.3 Å². The minimum absolute atomic E-state index is 0.283. The minimum Gasteiger partial charge on any atom is -0.491 e. The third-order valence-electron chi connectivity index (χ3n) is 3.80. The van der Waals surface area contributed by atoms with Crippen molar-refractivity contribution in [1.82, 2.24) is 5.32 Å². The molecule has 0 aliphatic carbocycles. The topological polar surface area (TPSA) is 30.5 Å². The second-order valence-corrected chi connectivity index (χ2v) is 5.12. The average molecular weight is 247 g/mol. The molecule has 0 saturated carbocycles. The maximum atomic E-state index is 5.98. The molecule has 0 spiro atoms. The number of ether oxygens (including phenoxy) is 2. The smallest absolute Gasteiger partial charge is 0.124 e. The van der Waals surface area contributed by atoms with Crippen LogP contribution in [0.1, 0.15) is 30.4 Å².